The van der Waals surface area contributed by atoms with Crippen LogP contribution in [0.15, 0.2) is 48.7 Å². The van der Waals surface area contributed by atoms with Gasteiger partial charge in [-0.15, -0.1) is 11.3 Å². The van der Waals surface area contributed by atoms with Crippen molar-refractivity contribution in [2.75, 3.05) is 6.54 Å². The molecule has 1 amide bonds. The second-order valence-electron chi connectivity index (χ2n) is 5.68. The molecule has 0 saturated carbocycles. The van der Waals surface area contributed by atoms with Gasteiger partial charge in [-0.05, 0) is 17.7 Å². The Morgan fingerprint density at radius 3 is 2.70 bits per heavy atom. The molecule has 3 aromatic rings. The fourth-order valence-corrected chi connectivity index (χ4v) is 3.46. The molecule has 0 unspecified atom stereocenters. The average molecular weight is 390 g/mol. The lowest BCUT2D eigenvalue weighted by Gasteiger charge is -2.05. The standard InChI is InChI=1S/C19H16F2N2O3S/c20-18(21)13-6-8-22-14-10-15(27-17(13)14)19(25)23-9-7-16(24)26-11-12-4-2-1-3-5-12/h1-6,8,10,18H,7,9,11H2,(H,23,25). The molecule has 2 aromatic heterocycles. The molecule has 5 nitrogen and oxygen atoms in total. The van der Waals surface area contributed by atoms with E-state index in [-0.39, 0.29) is 30.0 Å². The first kappa shape index (κ1) is 18.9. The number of fused-ring (bicyclic) bond motifs is 1. The van der Waals surface area contributed by atoms with Crippen LogP contribution >= 0.6 is 11.3 Å². The Kier molecular flexibility index (Phi) is 6.08. The second kappa shape index (κ2) is 8.68. The molecule has 0 atom stereocenters. The average Bonchev–Trinajstić information content (AvgIpc) is 3.11. The van der Waals surface area contributed by atoms with Crippen LogP contribution in [0.5, 0.6) is 0 Å². The van der Waals surface area contributed by atoms with Crippen molar-refractivity contribution >= 4 is 33.4 Å². The Balaban J connectivity index is 1.51. The number of nitrogens with zero attached hydrogens (tertiary/aromatic N) is 1. The van der Waals surface area contributed by atoms with Crippen LogP contribution in [0.25, 0.3) is 10.2 Å². The summed E-state index contributed by atoms with van der Waals surface area (Å²) in [6.45, 7) is 0.266. The Morgan fingerprint density at radius 2 is 1.96 bits per heavy atom. The van der Waals surface area contributed by atoms with Crippen LogP contribution in [0.1, 0.15) is 33.6 Å². The highest BCUT2D eigenvalue weighted by molar-refractivity contribution is 7.21. The summed E-state index contributed by atoms with van der Waals surface area (Å²) in [6, 6.07) is 12.0. The predicted molar refractivity (Wildman–Crippen MR) is 97.8 cm³/mol. The van der Waals surface area contributed by atoms with E-state index in [2.05, 4.69) is 10.3 Å². The molecule has 0 bridgehead atoms. The van der Waals surface area contributed by atoms with Crippen molar-refractivity contribution in [3.63, 3.8) is 0 Å². The number of amides is 1. The van der Waals surface area contributed by atoms with Gasteiger partial charge in [-0.3, -0.25) is 14.6 Å². The van der Waals surface area contributed by atoms with Gasteiger partial charge < -0.3 is 10.1 Å². The zero-order valence-corrected chi connectivity index (χ0v) is 15.0. The minimum Gasteiger partial charge on any atom is -0.461 e. The van der Waals surface area contributed by atoms with E-state index in [0.29, 0.717) is 10.2 Å². The summed E-state index contributed by atoms with van der Waals surface area (Å²) >= 11 is 0.956. The maximum atomic E-state index is 13.0. The number of carbonyl (C=O) groups excluding carboxylic acids is 2. The number of hydrogen-bond donors (Lipinski definition) is 1. The molecule has 1 N–H and O–H groups in total. The van der Waals surface area contributed by atoms with Crippen LogP contribution in [0.3, 0.4) is 0 Å². The van der Waals surface area contributed by atoms with Crippen LogP contribution in [0, 0.1) is 0 Å². The maximum absolute atomic E-state index is 13.0. The molecule has 3 rings (SSSR count). The van der Waals surface area contributed by atoms with Gasteiger partial charge in [-0.25, -0.2) is 8.78 Å². The number of carbonyl (C=O) groups is 2. The molecule has 140 valence electrons. The Bertz CT molecular complexity index is 945. The molecular formula is C19H16F2N2O3S. The van der Waals surface area contributed by atoms with Crippen LogP contribution in [0.2, 0.25) is 0 Å². The summed E-state index contributed by atoms with van der Waals surface area (Å²) in [5, 5.41) is 2.59. The highest BCUT2D eigenvalue weighted by Gasteiger charge is 2.17. The topological polar surface area (TPSA) is 68.3 Å². The number of alkyl halides is 2. The van der Waals surface area contributed by atoms with Gasteiger partial charge in [0.05, 0.1) is 21.5 Å². The maximum Gasteiger partial charge on any atom is 0.307 e. The lowest BCUT2D eigenvalue weighted by Crippen LogP contribution is -2.25. The molecule has 1 aromatic carbocycles. The molecule has 0 saturated heterocycles. The summed E-state index contributed by atoms with van der Waals surface area (Å²) in [7, 11) is 0. The van der Waals surface area contributed by atoms with Gasteiger partial charge in [0.1, 0.15) is 6.61 Å². The second-order valence-corrected chi connectivity index (χ2v) is 6.73. The van der Waals surface area contributed by atoms with Gasteiger partial charge in [0, 0.05) is 18.3 Å². The van der Waals surface area contributed by atoms with E-state index in [1.165, 1.54) is 18.3 Å². The van der Waals surface area contributed by atoms with Crippen molar-refractivity contribution in [1.82, 2.24) is 10.3 Å². The number of thiophene rings is 1. The van der Waals surface area contributed by atoms with Crippen LogP contribution in [-0.2, 0) is 16.1 Å². The summed E-state index contributed by atoms with van der Waals surface area (Å²) in [4.78, 5) is 28.2. The lowest BCUT2D eigenvalue weighted by molar-refractivity contribution is -0.144. The first-order chi connectivity index (χ1) is 13.0. The predicted octanol–water partition coefficient (Wildman–Crippen LogP) is 4.10. The third-order valence-corrected chi connectivity index (χ3v) is 4.93. The van der Waals surface area contributed by atoms with Crippen molar-refractivity contribution in [1.29, 1.82) is 0 Å². The number of halogens is 2. The van der Waals surface area contributed by atoms with E-state index < -0.39 is 18.3 Å². The molecule has 0 radical (unpaired) electrons. The van der Waals surface area contributed by atoms with Gasteiger partial charge in [-0.2, -0.15) is 0 Å². The van der Waals surface area contributed by atoms with Crippen molar-refractivity contribution in [3.8, 4) is 0 Å². The third kappa shape index (κ3) is 4.85. The van der Waals surface area contributed by atoms with Gasteiger partial charge in [-0.1, -0.05) is 30.3 Å². The van der Waals surface area contributed by atoms with Gasteiger partial charge >= 0.3 is 5.97 Å². The molecule has 27 heavy (non-hydrogen) atoms. The summed E-state index contributed by atoms with van der Waals surface area (Å²) in [5.74, 6) is -0.869. The minimum absolute atomic E-state index is 0.0179. The van der Waals surface area contributed by atoms with E-state index in [9.17, 15) is 18.4 Å². The number of pyridine rings is 1. The van der Waals surface area contributed by atoms with Crippen LogP contribution < -0.4 is 5.32 Å². The number of esters is 1. The van der Waals surface area contributed by atoms with E-state index in [1.54, 1.807) is 0 Å². The van der Waals surface area contributed by atoms with Gasteiger partial charge in [0.2, 0.25) is 0 Å². The lowest BCUT2D eigenvalue weighted by atomic mass is 10.2. The summed E-state index contributed by atoms with van der Waals surface area (Å²) in [5.41, 5.74) is 1.08. The zero-order chi connectivity index (χ0) is 19.2. The quantitative estimate of drug-likeness (QED) is 0.617. The van der Waals surface area contributed by atoms with Gasteiger partial charge in [0.25, 0.3) is 12.3 Å². The summed E-state index contributed by atoms with van der Waals surface area (Å²) in [6.07, 6.45) is -1.32. The fourth-order valence-electron chi connectivity index (χ4n) is 2.42. The Morgan fingerprint density at radius 1 is 1.19 bits per heavy atom. The van der Waals surface area contributed by atoms with E-state index in [1.807, 2.05) is 30.3 Å². The zero-order valence-electron chi connectivity index (χ0n) is 14.2. The van der Waals surface area contributed by atoms with Crippen molar-refractivity contribution in [2.45, 2.75) is 19.5 Å². The smallest absolute Gasteiger partial charge is 0.307 e. The molecule has 0 fully saturated rings. The number of rotatable bonds is 7. The Labute approximate surface area is 158 Å². The van der Waals surface area contributed by atoms with Gasteiger partial charge in [0.15, 0.2) is 0 Å². The molecular weight excluding hydrogens is 374 g/mol. The van der Waals surface area contributed by atoms with E-state index in [4.69, 9.17) is 4.74 Å². The SMILES string of the molecule is O=C(CCNC(=O)c1cc2nccc(C(F)F)c2s1)OCc1ccccc1. The molecule has 0 aliphatic heterocycles. The third-order valence-electron chi connectivity index (χ3n) is 3.76. The summed E-state index contributed by atoms with van der Waals surface area (Å²) < 4.78 is 31.5. The first-order valence-corrected chi connectivity index (χ1v) is 9.00. The van der Waals surface area contributed by atoms with Crippen LogP contribution in [-0.4, -0.2) is 23.4 Å². The molecule has 0 spiro atoms. The number of benzene rings is 1. The number of hydrogen-bond acceptors (Lipinski definition) is 5. The van der Waals surface area contributed by atoms with Crippen molar-refractivity contribution in [2.24, 2.45) is 0 Å². The monoisotopic (exact) mass is 390 g/mol. The fraction of sp³-hybridized carbons (Fsp3) is 0.211. The first-order valence-electron chi connectivity index (χ1n) is 8.19. The van der Waals surface area contributed by atoms with E-state index in [0.717, 1.165) is 16.9 Å². The van der Waals surface area contributed by atoms with Crippen LogP contribution in [0.4, 0.5) is 8.78 Å². The number of ether oxygens (including phenoxy) is 1. The minimum atomic E-state index is -2.63. The normalized spacial score (nSPS) is 10.9. The Hall–Kier alpha value is -2.87. The van der Waals surface area contributed by atoms with E-state index >= 15 is 0 Å². The largest absolute Gasteiger partial charge is 0.461 e. The molecule has 0 aliphatic carbocycles. The highest BCUT2D eigenvalue weighted by atomic mass is 32.1. The highest BCUT2D eigenvalue weighted by Crippen LogP contribution is 2.32. The molecule has 8 heteroatoms. The molecule has 2 heterocycles. The number of aromatic nitrogens is 1. The van der Waals surface area contributed by atoms with Crippen molar-refractivity contribution < 1.29 is 23.1 Å². The number of nitrogens with one attached hydrogen (secondary N) is 1. The van der Waals surface area contributed by atoms with Crippen molar-refractivity contribution in [3.05, 3.63) is 64.7 Å². The molecule has 0 aliphatic rings.